The van der Waals surface area contributed by atoms with E-state index in [1.807, 2.05) is 0 Å². The van der Waals surface area contributed by atoms with Crippen molar-refractivity contribution in [3.8, 4) is 5.69 Å². The van der Waals surface area contributed by atoms with Gasteiger partial charge < -0.3 is 11.1 Å². The minimum Gasteiger partial charge on any atom is -0.346 e. The molecule has 1 aromatic carbocycles. The Bertz CT molecular complexity index is 641. The standard InChI is InChI=1S/C14H16FN5O.ClH/c15-10-3-5-11(6-4-10)20-17-8-13(19-20)14(21)18-12(7-16)9-1-2-9;/h3-6,8-9,12H,1-2,7,16H2,(H,18,21);1H. The van der Waals surface area contributed by atoms with Crippen LogP contribution in [-0.2, 0) is 0 Å². The van der Waals surface area contributed by atoms with Gasteiger partial charge in [-0.25, -0.2) is 4.39 Å². The van der Waals surface area contributed by atoms with Crippen molar-refractivity contribution in [1.82, 2.24) is 20.3 Å². The van der Waals surface area contributed by atoms with E-state index in [4.69, 9.17) is 5.73 Å². The summed E-state index contributed by atoms with van der Waals surface area (Å²) in [5.74, 6) is -0.143. The molecule has 3 rings (SSSR count). The van der Waals surface area contributed by atoms with Crippen LogP contribution < -0.4 is 11.1 Å². The number of carbonyl (C=O) groups excluding carboxylic acids is 1. The minimum absolute atomic E-state index is 0. The largest absolute Gasteiger partial charge is 0.346 e. The first kappa shape index (κ1) is 16.4. The van der Waals surface area contributed by atoms with Crippen molar-refractivity contribution >= 4 is 18.3 Å². The summed E-state index contributed by atoms with van der Waals surface area (Å²) < 4.78 is 12.9. The first-order chi connectivity index (χ1) is 10.2. The van der Waals surface area contributed by atoms with Gasteiger partial charge in [-0.3, -0.25) is 4.79 Å². The number of benzene rings is 1. The van der Waals surface area contributed by atoms with E-state index in [1.54, 1.807) is 12.1 Å². The molecule has 0 saturated heterocycles. The average molecular weight is 326 g/mol. The third kappa shape index (κ3) is 3.61. The molecule has 1 heterocycles. The molecule has 2 aromatic rings. The molecule has 0 aliphatic heterocycles. The van der Waals surface area contributed by atoms with Crippen molar-refractivity contribution < 1.29 is 9.18 Å². The van der Waals surface area contributed by atoms with Crippen LogP contribution >= 0.6 is 12.4 Å². The Morgan fingerprint density at radius 2 is 2.09 bits per heavy atom. The lowest BCUT2D eigenvalue weighted by Gasteiger charge is -2.14. The Labute approximate surface area is 133 Å². The number of amides is 1. The number of hydrogen-bond acceptors (Lipinski definition) is 4. The van der Waals surface area contributed by atoms with Crippen LogP contribution in [0.3, 0.4) is 0 Å². The molecule has 1 amide bonds. The zero-order valence-corrected chi connectivity index (χ0v) is 12.6. The predicted octanol–water partition coefficient (Wildman–Crippen LogP) is 1.30. The summed E-state index contributed by atoms with van der Waals surface area (Å²) in [6.45, 7) is 0.419. The monoisotopic (exact) mass is 325 g/mol. The maximum atomic E-state index is 12.9. The molecule has 118 valence electrons. The first-order valence-electron chi connectivity index (χ1n) is 6.86. The first-order valence-corrected chi connectivity index (χ1v) is 6.86. The summed E-state index contributed by atoms with van der Waals surface area (Å²) in [5.41, 5.74) is 6.47. The maximum absolute atomic E-state index is 12.9. The summed E-state index contributed by atoms with van der Waals surface area (Å²) in [6.07, 6.45) is 3.59. The molecule has 1 fully saturated rings. The molecule has 1 aliphatic rings. The second-order valence-electron chi connectivity index (χ2n) is 5.15. The molecule has 1 aromatic heterocycles. The van der Waals surface area contributed by atoms with Gasteiger partial charge in [0.05, 0.1) is 11.9 Å². The van der Waals surface area contributed by atoms with Gasteiger partial charge in [0.25, 0.3) is 5.91 Å². The van der Waals surface area contributed by atoms with Crippen LogP contribution in [0.2, 0.25) is 0 Å². The van der Waals surface area contributed by atoms with Crippen LogP contribution in [0.4, 0.5) is 4.39 Å². The molecule has 8 heteroatoms. The Morgan fingerprint density at radius 1 is 1.41 bits per heavy atom. The highest BCUT2D eigenvalue weighted by Gasteiger charge is 2.31. The van der Waals surface area contributed by atoms with Gasteiger partial charge in [0.15, 0.2) is 5.69 Å². The van der Waals surface area contributed by atoms with Crippen molar-refractivity contribution in [2.75, 3.05) is 6.54 Å². The van der Waals surface area contributed by atoms with Gasteiger partial charge in [0.2, 0.25) is 0 Å². The minimum atomic E-state index is -0.334. The molecular formula is C14H17ClFN5O. The molecule has 1 saturated carbocycles. The summed E-state index contributed by atoms with van der Waals surface area (Å²) in [6, 6.07) is 5.72. The van der Waals surface area contributed by atoms with Gasteiger partial charge >= 0.3 is 0 Å². The Morgan fingerprint density at radius 3 is 2.68 bits per heavy atom. The van der Waals surface area contributed by atoms with Crippen LogP contribution in [0.25, 0.3) is 5.69 Å². The number of nitrogens with one attached hydrogen (secondary N) is 1. The van der Waals surface area contributed by atoms with E-state index in [0.29, 0.717) is 18.2 Å². The van der Waals surface area contributed by atoms with Gasteiger partial charge in [-0.2, -0.15) is 9.90 Å². The van der Waals surface area contributed by atoms with Gasteiger partial charge in [-0.15, -0.1) is 17.5 Å². The third-order valence-corrected chi connectivity index (χ3v) is 3.54. The lowest BCUT2D eigenvalue weighted by atomic mass is 10.2. The summed E-state index contributed by atoms with van der Waals surface area (Å²) in [4.78, 5) is 13.4. The number of rotatable bonds is 5. The zero-order valence-electron chi connectivity index (χ0n) is 11.8. The fourth-order valence-electron chi connectivity index (χ4n) is 2.18. The van der Waals surface area contributed by atoms with Gasteiger partial charge in [0, 0.05) is 12.6 Å². The number of aromatic nitrogens is 3. The normalized spacial score (nSPS) is 15.0. The van der Waals surface area contributed by atoms with E-state index in [1.165, 1.54) is 23.1 Å². The molecule has 1 atom stereocenters. The zero-order chi connectivity index (χ0) is 14.8. The fourth-order valence-corrected chi connectivity index (χ4v) is 2.18. The van der Waals surface area contributed by atoms with Crippen molar-refractivity contribution in [1.29, 1.82) is 0 Å². The smallest absolute Gasteiger partial charge is 0.273 e. The predicted molar refractivity (Wildman–Crippen MR) is 81.6 cm³/mol. The molecule has 0 bridgehead atoms. The second kappa shape index (κ2) is 6.85. The van der Waals surface area contributed by atoms with E-state index in [-0.39, 0.29) is 35.9 Å². The molecule has 0 radical (unpaired) electrons. The van der Waals surface area contributed by atoms with E-state index in [2.05, 4.69) is 15.5 Å². The van der Waals surface area contributed by atoms with Gasteiger partial charge in [0.1, 0.15) is 5.82 Å². The molecule has 0 spiro atoms. The maximum Gasteiger partial charge on any atom is 0.273 e. The van der Waals surface area contributed by atoms with Crippen LogP contribution in [-0.4, -0.2) is 33.5 Å². The number of halogens is 2. The van der Waals surface area contributed by atoms with E-state index < -0.39 is 0 Å². The van der Waals surface area contributed by atoms with E-state index in [9.17, 15) is 9.18 Å². The lowest BCUT2D eigenvalue weighted by Crippen LogP contribution is -2.41. The molecule has 1 aliphatic carbocycles. The van der Waals surface area contributed by atoms with Gasteiger partial charge in [-0.1, -0.05) is 0 Å². The Balaban J connectivity index is 0.00000176. The summed E-state index contributed by atoms with van der Waals surface area (Å²) >= 11 is 0. The summed E-state index contributed by atoms with van der Waals surface area (Å²) in [5, 5.41) is 11.0. The fraction of sp³-hybridized carbons (Fsp3) is 0.357. The van der Waals surface area contributed by atoms with Crippen molar-refractivity contribution in [2.24, 2.45) is 11.7 Å². The molecule has 6 nitrogen and oxygen atoms in total. The third-order valence-electron chi connectivity index (χ3n) is 3.54. The van der Waals surface area contributed by atoms with Crippen molar-refractivity contribution in [3.63, 3.8) is 0 Å². The summed E-state index contributed by atoms with van der Waals surface area (Å²) in [7, 11) is 0. The quantitative estimate of drug-likeness (QED) is 0.867. The molecule has 1 unspecified atom stereocenters. The van der Waals surface area contributed by atoms with Crippen LogP contribution in [0.1, 0.15) is 23.3 Å². The molecule has 22 heavy (non-hydrogen) atoms. The van der Waals surface area contributed by atoms with E-state index in [0.717, 1.165) is 12.8 Å². The number of nitrogens with two attached hydrogens (primary N) is 1. The average Bonchev–Trinajstić information content (AvgIpc) is 3.21. The van der Waals surface area contributed by atoms with Crippen LogP contribution in [0, 0.1) is 11.7 Å². The number of hydrogen-bond donors (Lipinski definition) is 2. The topological polar surface area (TPSA) is 85.8 Å². The highest BCUT2D eigenvalue weighted by Crippen LogP contribution is 2.32. The molecule has 3 N–H and O–H groups in total. The Kier molecular flexibility index (Phi) is 5.10. The van der Waals surface area contributed by atoms with Crippen LogP contribution in [0.15, 0.2) is 30.5 Å². The Hall–Kier alpha value is -1.99. The second-order valence-corrected chi connectivity index (χ2v) is 5.15. The van der Waals surface area contributed by atoms with Gasteiger partial charge in [-0.05, 0) is 43.0 Å². The highest BCUT2D eigenvalue weighted by atomic mass is 35.5. The van der Waals surface area contributed by atoms with E-state index >= 15 is 0 Å². The molecular weight excluding hydrogens is 309 g/mol. The SMILES string of the molecule is Cl.NCC(NC(=O)c1cnn(-c2ccc(F)cc2)n1)C1CC1. The number of carbonyl (C=O) groups is 1. The van der Waals surface area contributed by atoms with Crippen molar-refractivity contribution in [2.45, 2.75) is 18.9 Å². The van der Waals surface area contributed by atoms with Crippen LogP contribution in [0.5, 0.6) is 0 Å². The highest BCUT2D eigenvalue weighted by molar-refractivity contribution is 5.92. The number of nitrogens with zero attached hydrogens (tertiary/aromatic N) is 3. The lowest BCUT2D eigenvalue weighted by molar-refractivity contribution is 0.0928. The van der Waals surface area contributed by atoms with Crippen molar-refractivity contribution in [3.05, 3.63) is 42.0 Å².